The summed E-state index contributed by atoms with van der Waals surface area (Å²) >= 11 is 6.03. The molecular weight excluding hydrogens is 264 g/mol. The predicted molar refractivity (Wildman–Crippen MR) is 76.3 cm³/mol. The SMILES string of the molecule is COc1ccc(C(=O)CCN2CCNCC2)cc1Cl. The van der Waals surface area contributed by atoms with Gasteiger partial charge in [-0.1, -0.05) is 11.6 Å². The number of Topliss-reactive ketones (excluding diaryl/α,β-unsaturated/α-hetero) is 1. The van der Waals surface area contributed by atoms with Crippen LogP contribution in [0.15, 0.2) is 18.2 Å². The highest BCUT2D eigenvalue weighted by Gasteiger charge is 2.13. The first-order chi connectivity index (χ1) is 9.20. The maximum absolute atomic E-state index is 12.1. The van der Waals surface area contributed by atoms with E-state index in [9.17, 15) is 4.79 Å². The number of benzene rings is 1. The summed E-state index contributed by atoms with van der Waals surface area (Å²) in [5, 5.41) is 3.78. The van der Waals surface area contributed by atoms with Crippen molar-refractivity contribution >= 4 is 17.4 Å². The van der Waals surface area contributed by atoms with E-state index in [2.05, 4.69) is 10.2 Å². The minimum Gasteiger partial charge on any atom is -0.495 e. The van der Waals surface area contributed by atoms with Gasteiger partial charge in [0.05, 0.1) is 12.1 Å². The van der Waals surface area contributed by atoms with Crippen LogP contribution in [-0.2, 0) is 0 Å². The fraction of sp³-hybridized carbons (Fsp3) is 0.500. The van der Waals surface area contributed by atoms with Crippen molar-refractivity contribution in [3.63, 3.8) is 0 Å². The summed E-state index contributed by atoms with van der Waals surface area (Å²) in [4.78, 5) is 14.4. The number of carbonyl (C=O) groups is 1. The number of ether oxygens (including phenoxy) is 1. The van der Waals surface area contributed by atoms with E-state index in [-0.39, 0.29) is 5.78 Å². The first kappa shape index (κ1) is 14.3. The Morgan fingerprint density at radius 2 is 2.16 bits per heavy atom. The highest BCUT2D eigenvalue weighted by Crippen LogP contribution is 2.25. The van der Waals surface area contributed by atoms with Gasteiger partial charge in [0, 0.05) is 44.7 Å². The van der Waals surface area contributed by atoms with Crippen LogP contribution in [0.3, 0.4) is 0 Å². The molecule has 4 nitrogen and oxygen atoms in total. The lowest BCUT2D eigenvalue weighted by molar-refractivity contribution is 0.0960. The summed E-state index contributed by atoms with van der Waals surface area (Å²) in [5.74, 6) is 0.725. The second-order valence-corrected chi connectivity index (χ2v) is 5.02. The van der Waals surface area contributed by atoms with Crippen molar-refractivity contribution in [1.29, 1.82) is 0 Å². The van der Waals surface area contributed by atoms with E-state index in [1.54, 1.807) is 25.3 Å². The number of halogens is 1. The molecule has 0 aromatic heterocycles. The highest BCUT2D eigenvalue weighted by molar-refractivity contribution is 6.32. The molecule has 1 N–H and O–H groups in total. The number of nitrogens with one attached hydrogen (secondary N) is 1. The summed E-state index contributed by atoms with van der Waals surface area (Å²) < 4.78 is 5.08. The van der Waals surface area contributed by atoms with Crippen LogP contribution in [0.2, 0.25) is 5.02 Å². The molecule has 104 valence electrons. The number of ketones is 1. The Labute approximate surface area is 118 Å². The average Bonchev–Trinajstić information content (AvgIpc) is 2.45. The summed E-state index contributed by atoms with van der Waals surface area (Å²) in [5.41, 5.74) is 0.654. The summed E-state index contributed by atoms with van der Waals surface area (Å²) in [6, 6.07) is 5.19. The zero-order valence-corrected chi connectivity index (χ0v) is 11.9. The molecule has 1 saturated heterocycles. The Morgan fingerprint density at radius 1 is 1.42 bits per heavy atom. The lowest BCUT2D eigenvalue weighted by Gasteiger charge is -2.26. The molecule has 1 aromatic rings. The largest absolute Gasteiger partial charge is 0.495 e. The van der Waals surface area contributed by atoms with Crippen LogP contribution in [0.5, 0.6) is 5.75 Å². The Balaban J connectivity index is 1.90. The third kappa shape index (κ3) is 3.93. The Kier molecular flexibility index (Phi) is 5.19. The molecule has 5 heteroatoms. The molecule has 0 atom stereocenters. The molecule has 0 bridgehead atoms. The molecule has 2 rings (SSSR count). The number of carbonyl (C=O) groups excluding carboxylic acids is 1. The number of nitrogens with zero attached hydrogens (tertiary/aromatic N) is 1. The molecule has 1 fully saturated rings. The van der Waals surface area contributed by atoms with Gasteiger partial charge in [0.1, 0.15) is 5.75 Å². The Hall–Kier alpha value is -1.10. The zero-order valence-electron chi connectivity index (χ0n) is 11.1. The molecule has 1 aliphatic rings. The van der Waals surface area contributed by atoms with Crippen LogP contribution in [0.4, 0.5) is 0 Å². The monoisotopic (exact) mass is 282 g/mol. The van der Waals surface area contributed by atoms with Crippen LogP contribution in [0.25, 0.3) is 0 Å². The van der Waals surface area contributed by atoms with E-state index < -0.39 is 0 Å². The Bertz CT molecular complexity index is 445. The molecule has 1 aromatic carbocycles. The van der Waals surface area contributed by atoms with Crippen LogP contribution < -0.4 is 10.1 Å². The minimum atomic E-state index is 0.128. The van der Waals surface area contributed by atoms with Crippen molar-refractivity contribution in [2.24, 2.45) is 0 Å². The average molecular weight is 283 g/mol. The molecule has 0 aliphatic carbocycles. The van der Waals surface area contributed by atoms with Crippen LogP contribution in [-0.4, -0.2) is 50.5 Å². The molecule has 1 heterocycles. The quantitative estimate of drug-likeness (QED) is 0.837. The van der Waals surface area contributed by atoms with E-state index in [4.69, 9.17) is 16.3 Å². The van der Waals surface area contributed by atoms with Gasteiger partial charge in [-0.2, -0.15) is 0 Å². The van der Waals surface area contributed by atoms with E-state index in [1.165, 1.54) is 0 Å². The molecule has 0 saturated carbocycles. The third-order valence-electron chi connectivity index (χ3n) is 3.34. The number of hydrogen-bond donors (Lipinski definition) is 1. The maximum atomic E-state index is 12.1. The van der Waals surface area contributed by atoms with Crippen LogP contribution >= 0.6 is 11.6 Å². The van der Waals surface area contributed by atoms with Gasteiger partial charge in [-0.15, -0.1) is 0 Å². The van der Waals surface area contributed by atoms with Gasteiger partial charge in [-0.25, -0.2) is 0 Å². The van der Waals surface area contributed by atoms with Gasteiger partial charge in [-0.3, -0.25) is 4.79 Å². The van der Waals surface area contributed by atoms with Crippen molar-refractivity contribution in [3.05, 3.63) is 28.8 Å². The normalized spacial score (nSPS) is 16.3. The van der Waals surface area contributed by atoms with Gasteiger partial charge >= 0.3 is 0 Å². The van der Waals surface area contributed by atoms with Crippen molar-refractivity contribution in [2.75, 3.05) is 39.8 Å². The minimum absolute atomic E-state index is 0.128. The first-order valence-electron chi connectivity index (χ1n) is 6.50. The van der Waals surface area contributed by atoms with Crippen molar-refractivity contribution in [1.82, 2.24) is 10.2 Å². The molecule has 0 radical (unpaired) electrons. The molecular formula is C14H19ClN2O2. The van der Waals surface area contributed by atoms with Crippen molar-refractivity contribution in [2.45, 2.75) is 6.42 Å². The van der Waals surface area contributed by atoms with E-state index in [0.29, 0.717) is 22.8 Å². The molecule has 0 amide bonds. The second kappa shape index (κ2) is 6.89. The fourth-order valence-electron chi connectivity index (χ4n) is 2.18. The van der Waals surface area contributed by atoms with Gasteiger partial charge in [-0.05, 0) is 18.2 Å². The van der Waals surface area contributed by atoms with Crippen LogP contribution in [0, 0.1) is 0 Å². The number of rotatable bonds is 5. The summed E-state index contributed by atoms with van der Waals surface area (Å²) in [6.07, 6.45) is 0.530. The van der Waals surface area contributed by atoms with E-state index in [0.717, 1.165) is 32.7 Å². The van der Waals surface area contributed by atoms with E-state index in [1.807, 2.05) is 0 Å². The Morgan fingerprint density at radius 3 is 2.79 bits per heavy atom. The molecule has 0 unspecified atom stereocenters. The van der Waals surface area contributed by atoms with Gasteiger partial charge in [0.25, 0.3) is 0 Å². The molecule has 0 spiro atoms. The van der Waals surface area contributed by atoms with Gasteiger partial charge in [0.2, 0.25) is 0 Å². The lowest BCUT2D eigenvalue weighted by atomic mass is 10.1. The molecule has 19 heavy (non-hydrogen) atoms. The fourth-order valence-corrected chi connectivity index (χ4v) is 2.44. The third-order valence-corrected chi connectivity index (χ3v) is 3.63. The van der Waals surface area contributed by atoms with Gasteiger partial charge in [0.15, 0.2) is 5.78 Å². The lowest BCUT2D eigenvalue weighted by Crippen LogP contribution is -2.44. The zero-order chi connectivity index (χ0) is 13.7. The van der Waals surface area contributed by atoms with E-state index >= 15 is 0 Å². The van der Waals surface area contributed by atoms with Crippen molar-refractivity contribution < 1.29 is 9.53 Å². The molecule has 1 aliphatic heterocycles. The van der Waals surface area contributed by atoms with Crippen molar-refractivity contribution in [3.8, 4) is 5.75 Å². The standard InChI is InChI=1S/C14H19ClN2O2/c1-19-14-3-2-11(10-12(14)15)13(18)4-7-17-8-5-16-6-9-17/h2-3,10,16H,4-9H2,1H3. The number of methoxy groups -OCH3 is 1. The van der Waals surface area contributed by atoms with Crippen LogP contribution in [0.1, 0.15) is 16.8 Å². The first-order valence-corrected chi connectivity index (χ1v) is 6.88. The predicted octanol–water partition coefficient (Wildman–Crippen LogP) is 1.83. The summed E-state index contributed by atoms with van der Waals surface area (Å²) in [6.45, 7) is 4.84. The van der Waals surface area contributed by atoms with Gasteiger partial charge < -0.3 is 15.0 Å². The number of hydrogen-bond acceptors (Lipinski definition) is 4. The highest BCUT2D eigenvalue weighted by atomic mass is 35.5. The maximum Gasteiger partial charge on any atom is 0.164 e. The smallest absolute Gasteiger partial charge is 0.164 e. The second-order valence-electron chi connectivity index (χ2n) is 4.61. The topological polar surface area (TPSA) is 41.6 Å². The summed E-state index contributed by atoms with van der Waals surface area (Å²) in [7, 11) is 1.56. The number of piperazine rings is 1.